The summed E-state index contributed by atoms with van der Waals surface area (Å²) < 4.78 is 5.77. The van der Waals surface area contributed by atoms with Crippen LogP contribution in [-0.4, -0.2) is 25.3 Å². The summed E-state index contributed by atoms with van der Waals surface area (Å²) in [5, 5.41) is 6.53. The third-order valence-corrected chi connectivity index (χ3v) is 3.14. The highest BCUT2D eigenvalue weighted by molar-refractivity contribution is 6.45. The smallest absolute Gasteiger partial charge is 0.273 e. The van der Waals surface area contributed by atoms with Gasteiger partial charge in [0.1, 0.15) is 19.0 Å². The Morgan fingerprint density at radius 1 is 1.09 bits per heavy atom. The predicted octanol–water partition coefficient (Wildman–Crippen LogP) is 2.75. The van der Waals surface area contributed by atoms with Crippen LogP contribution in [0.3, 0.4) is 0 Å². The molecule has 0 radical (unpaired) electrons. The maximum absolute atomic E-state index is 12.1. The lowest BCUT2D eigenvalue weighted by atomic mass is 10.0. The van der Waals surface area contributed by atoms with Gasteiger partial charge in [-0.2, -0.15) is 0 Å². The zero-order chi connectivity index (χ0) is 16.5. The molecule has 0 aliphatic heterocycles. The Labute approximate surface area is 135 Å². The van der Waals surface area contributed by atoms with Crippen molar-refractivity contribution >= 4 is 11.6 Å². The van der Waals surface area contributed by atoms with Gasteiger partial charge >= 0.3 is 0 Å². The molecule has 2 rings (SSSR count). The van der Waals surface area contributed by atoms with Gasteiger partial charge in [0, 0.05) is 12.6 Å². The molecule has 0 aliphatic rings. The maximum Gasteiger partial charge on any atom is 0.273 e. The Kier molecular flexibility index (Phi) is 6.17. The summed E-state index contributed by atoms with van der Waals surface area (Å²) >= 11 is 0. The van der Waals surface area contributed by atoms with E-state index in [1.165, 1.54) is 0 Å². The number of amides is 1. The average molecular weight is 312 g/mol. The minimum Gasteiger partial charge on any atom is -0.489 e. The predicted molar refractivity (Wildman–Crippen MR) is 89.4 cm³/mol. The molecule has 0 spiro atoms. The highest BCUT2D eigenvalue weighted by Crippen LogP contribution is 2.16. The Morgan fingerprint density at radius 2 is 1.78 bits per heavy atom. The van der Waals surface area contributed by atoms with Gasteiger partial charge < -0.3 is 14.9 Å². The molecule has 2 aromatic carbocycles. The minimum absolute atomic E-state index is 0.238. The summed E-state index contributed by atoms with van der Waals surface area (Å²) in [6, 6.07) is 17.0. The van der Waals surface area contributed by atoms with E-state index in [-0.39, 0.29) is 11.6 Å². The van der Waals surface area contributed by atoms with Crippen LogP contribution in [0.2, 0.25) is 0 Å². The van der Waals surface area contributed by atoms with Crippen molar-refractivity contribution in [3.8, 4) is 5.75 Å². The number of benzene rings is 2. The zero-order valence-electron chi connectivity index (χ0n) is 13.3. The SMILES string of the molecule is CCO/N=C(\C(=O)NC)c1ccccc1COc1ccccc1. The van der Waals surface area contributed by atoms with E-state index in [1.807, 2.05) is 61.5 Å². The highest BCUT2D eigenvalue weighted by atomic mass is 16.6. The second-order valence-corrected chi connectivity index (χ2v) is 4.70. The van der Waals surface area contributed by atoms with Crippen LogP contribution in [0.4, 0.5) is 0 Å². The highest BCUT2D eigenvalue weighted by Gasteiger charge is 2.17. The molecule has 0 unspecified atom stereocenters. The number of oxime groups is 1. The topological polar surface area (TPSA) is 59.9 Å². The summed E-state index contributed by atoms with van der Waals surface area (Å²) in [6.45, 7) is 2.54. The molecule has 0 fully saturated rings. The average Bonchev–Trinajstić information content (AvgIpc) is 2.61. The molecule has 0 aromatic heterocycles. The van der Waals surface area contributed by atoms with Gasteiger partial charge in [0.2, 0.25) is 0 Å². The fourth-order valence-electron chi connectivity index (χ4n) is 2.02. The van der Waals surface area contributed by atoms with Gasteiger partial charge in [-0.1, -0.05) is 47.6 Å². The first-order valence-electron chi connectivity index (χ1n) is 7.44. The van der Waals surface area contributed by atoms with E-state index in [9.17, 15) is 4.79 Å². The molecule has 0 atom stereocenters. The number of hydrogen-bond acceptors (Lipinski definition) is 4. The normalized spacial score (nSPS) is 11.0. The maximum atomic E-state index is 12.1. The molecule has 1 N–H and O–H groups in total. The molecule has 23 heavy (non-hydrogen) atoms. The number of likely N-dealkylation sites (N-methyl/N-ethyl adjacent to an activating group) is 1. The molecule has 5 nitrogen and oxygen atoms in total. The van der Waals surface area contributed by atoms with Gasteiger partial charge in [-0.25, -0.2) is 0 Å². The van der Waals surface area contributed by atoms with Crippen LogP contribution in [0.1, 0.15) is 18.1 Å². The molecule has 0 heterocycles. The van der Waals surface area contributed by atoms with E-state index in [2.05, 4.69) is 10.5 Å². The third kappa shape index (κ3) is 4.57. The van der Waals surface area contributed by atoms with E-state index in [0.717, 1.165) is 11.3 Å². The first-order valence-corrected chi connectivity index (χ1v) is 7.44. The molecule has 5 heteroatoms. The minimum atomic E-state index is -0.300. The molecular weight excluding hydrogens is 292 g/mol. The molecular formula is C18H20N2O3. The van der Waals surface area contributed by atoms with Crippen molar-refractivity contribution in [1.29, 1.82) is 0 Å². The molecule has 0 saturated heterocycles. The van der Waals surface area contributed by atoms with Crippen molar-refractivity contribution in [1.82, 2.24) is 5.32 Å². The Balaban J connectivity index is 2.26. The van der Waals surface area contributed by atoms with E-state index >= 15 is 0 Å². The standard InChI is InChI=1S/C18H20N2O3/c1-3-23-20-17(18(21)19-2)16-12-8-7-9-14(16)13-22-15-10-5-4-6-11-15/h4-12H,3,13H2,1-2H3,(H,19,21)/b20-17-. The van der Waals surface area contributed by atoms with Crippen molar-refractivity contribution in [3.63, 3.8) is 0 Å². The van der Waals surface area contributed by atoms with Crippen LogP contribution in [0.25, 0.3) is 0 Å². The number of carbonyl (C=O) groups is 1. The van der Waals surface area contributed by atoms with Crippen molar-refractivity contribution in [2.75, 3.05) is 13.7 Å². The fourth-order valence-corrected chi connectivity index (χ4v) is 2.02. The Morgan fingerprint density at radius 3 is 2.48 bits per heavy atom. The van der Waals surface area contributed by atoms with Crippen molar-refractivity contribution in [3.05, 3.63) is 65.7 Å². The van der Waals surface area contributed by atoms with Crippen molar-refractivity contribution in [2.24, 2.45) is 5.16 Å². The van der Waals surface area contributed by atoms with Gasteiger partial charge in [-0.3, -0.25) is 4.79 Å². The van der Waals surface area contributed by atoms with E-state index < -0.39 is 0 Å². The quantitative estimate of drug-likeness (QED) is 0.632. The molecule has 120 valence electrons. The molecule has 0 aliphatic carbocycles. The Hall–Kier alpha value is -2.82. The van der Waals surface area contributed by atoms with Gasteiger partial charge in [0.25, 0.3) is 5.91 Å². The molecule has 1 amide bonds. The van der Waals surface area contributed by atoms with Crippen LogP contribution in [0, 0.1) is 0 Å². The van der Waals surface area contributed by atoms with Gasteiger partial charge in [-0.15, -0.1) is 0 Å². The lowest BCUT2D eigenvalue weighted by Crippen LogP contribution is -2.29. The van der Waals surface area contributed by atoms with E-state index in [1.54, 1.807) is 7.05 Å². The lowest BCUT2D eigenvalue weighted by molar-refractivity contribution is -0.114. The summed E-state index contributed by atoms with van der Waals surface area (Å²) in [5.74, 6) is 0.469. The number of para-hydroxylation sites is 1. The number of rotatable bonds is 7. The first-order chi connectivity index (χ1) is 11.3. The number of nitrogens with one attached hydrogen (secondary N) is 1. The largest absolute Gasteiger partial charge is 0.489 e. The summed E-state index contributed by atoms with van der Waals surface area (Å²) in [5.41, 5.74) is 1.79. The van der Waals surface area contributed by atoms with Crippen LogP contribution >= 0.6 is 0 Å². The number of hydrogen-bond donors (Lipinski definition) is 1. The zero-order valence-corrected chi connectivity index (χ0v) is 13.3. The molecule has 0 bridgehead atoms. The second-order valence-electron chi connectivity index (χ2n) is 4.70. The summed E-state index contributed by atoms with van der Waals surface area (Å²) in [4.78, 5) is 17.2. The van der Waals surface area contributed by atoms with Crippen molar-refractivity contribution < 1.29 is 14.4 Å². The third-order valence-electron chi connectivity index (χ3n) is 3.14. The second kappa shape index (κ2) is 8.58. The number of nitrogens with zero attached hydrogens (tertiary/aromatic N) is 1. The van der Waals surface area contributed by atoms with Crippen LogP contribution in [-0.2, 0) is 16.2 Å². The summed E-state index contributed by atoms with van der Waals surface area (Å²) in [6.07, 6.45) is 0. The fraction of sp³-hybridized carbons (Fsp3) is 0.222. The van der Waals surface area contributed by atoms with Crippen LogP contribution in [0.15, 0.2) is 59.8 Å². The number of carbonyl (C=O) groups excluding carboxylic acids is 1. The van der Waals surface area contributed by atoms with E-state index in [0.29, 0.717) is 18.8 Å². The van der Waals surface area contributed by atoms with Crippen LogP contribution < -0.4 is 10.1 Å². The van der Waals surface area contributed by atoms with Crippen LogP contribution in [0.5, 0.6) is 5.75 Å². The lowest BCUT2D eigenvalue weighted by Gasteiger charge is -2.12. The van der Waals surface area contributed by atoms with Gasteiger partial charge in [-0.05, 0) is 24.6 Å². The van der Waals surface area contributed by atoms with Gasteiger partial charge in [0.15, 0.2) is 5.71 Å². The number of ether oxygens (including phenoxy) is 1. The summed E-state index contributed by atoms with van der Waals surface area (Å²) in [7, 11) is 1.56. The molecule has 2 aromatic rings. The van der Waals surface area contributed by atoms with E-state index in [4.69, 9.17) is 9.57 Å². The Bertz CT molecular complexity index is 669. The van der Waals surface area contributed by atoms with Crippen molar-refractivity contribution in [2.45, 2.75) is 13.5 Å². The van der Waals surface area contributed by atoms with Gasteiger partial charge in [0.05, 0.1) is 0 Å². The molecule has 0 saturated carbocycles. The first kappa shape index (κ1) is 16.5. The monoisotopic (exact) mass is 312 g/mol.